The van der Waals surface area contributed by atoms with Crippen LogP contribution in [0.3, 0.4) is 0 Å². The molecule has 4 amide bonds. The lowest BCUT2D eigenvalue weighted by atomic mass is 9.95. The quantitative estimate of drug-likeness (QED) is 0.419. The van der Waals surface area contributed by atoms with E-state index in [4.69, 9.17) is 4.74 Å². The number of nitrogens with one attached hydrogen (secondary N) is 3. The number of carbonyl (C=O) groups is 5. The highest BCUT2D eigenvalue weighted by Crippen LogP contribution is 2.31. The van der Waals surface area contributed by atoms with Gasteiger partial charge < -0.3 is 25.6 Å². The van der Waals surface area contributed by atoms with Crippen LogP contribution in [0.1, 0.15) is 64.5 Å². The van der Waals surface area contributed by atoms with Crippen LogP contribution in [0.15, 0.2) is 24.3 Å². The maximum absolute atomic E-state index is 13.9. The number of hydrogen-bond acceptors (Lipinski definition) is 6. The highest BCUT2D eigenvalue weighted by molar-refractivity contribution is 6.38. The van der Waals surface area contributed by atoms with Crippen LogP contribution in [-0.4, -0.2) is 71.8 Å². The summed E-state index contributed by atoms with van der Waals surface area (Å²) < 4.78 is 5.46. The Morgan fingerprint density at radius 1 is 1.05 bits per heavy atom. The fraction of sp³-hybridized carbons (Fsp3) is 0.607. The van der Waals surface area contributed by atoms with Gasteiger partial charge in [0, 0.05) is 13.6 Å². The Hall–Kier alpha value is -3.43. The average molecular weight is 529 g/mol. The summed E-state index contributed by atoms with van der Waals surface area (Å²) in [7, 11) is 1.36. The van der Waals surface area contributed by atoms with Crippen molar-refractivity contribution < 1.29 is 28.7 Å². The molecule has 3 unspecified atom stereocenters. The Balaban J connectivity index is 1.80. The van der Waals surface area contributed by atoms with Crippen LogP contribution in [-0.2, 0) is 36.8 Å². The van der Waals surface area contributed by atoms with Crippen LogP contribution < -0.4 is 16.0 Å². The summed E-state index contributed by atoms with van der Waals surface area (Å²) in [5.74, 6) is -2.51. The number of Topliss-reactive ketones (excluding diaryl/α,β-unsaturated/α-hetero) is 1. The second-order valence-electron chi connectivity index (χ2n) is 11.0. The molecule has 1 aliphatic carbocycles. The molecule has 1 heterocycles. The lowest BCUT2D eigenvalue weighted by Crippen LogP contribution is -2.58. The predicted octanol–water partition coefficient (Wildman–Crippen LogP) is 1.89. The topological polar surface area (TPSA) is 134 Å². The summed E-state index contributed by atoms with van der Waals surface area (Å²) in [6.07, 6.45) is 2.47. The molecule has 1 aromatic rings. The van der Waals surface area contributed by atoms with Gasteiger partial charge in [0.1, 0.15) is 17.7 Å². The van der Waals surface area contributed by atoms with Crippen molar-refractivity contribution in [2.45, 2.75) is 89.9 Å². The van der Waals surface area contributed by atoms with E-state index in [9.17, 15) is 24.0 Å². The first kappa shape index (κ1) is 29.1. The summed E-state index contributed by atoms with van der Waals surface area (Å²) in [4.78, 5) is 65.9. The zero-order valence-electron chi connectivity index (χ0n) is 23.0. The number of likely N-dealkylation sites (N-methyl/N-ethyl adjacent to an activating group) is 1. The van der Waals surface area contributed by atoms with Gasteiger partial charge in [-0.25, -0.2) is 4.79 Å². The SMILES string of the molecule is CCCC(NC(=O)C1CCCN1C(=O)C(NC(=O)OC(C)(C)C)C1Cc2ccccc2C1)C(=O)C(=O)NC. The van der Waals surface area contributed by atoms with Gasteiger partial charge in [-0.05, 0) is 69.9 Å². The van der Waals surface area contributed by atoms with Gasteiger partial charge in [-0.1, -0.05) is 37.6 Å². The second-order valence-corrected chi connectivity index (χ2v) is 11.0. The van der Waals surface area contributed by atoms with Crippen LogP contribution in [0.4, 0.5) is 4.79 Å². The number of alkyl carbamates (subject to hydrolysis) is 1. The summed E-state index contributed by atoms with van der Waals surface area (Å²) in [5, 5.41) is 7.80. The van der Waals surface area contributed by atoms with Gasteiger partial charge in [0.25, 0.3) is 5.91 Å². The Morgan fingerprint density at radius 3 is 2.24 bits per heavy atom. The first-order chi connectivity index (χ1) is 17.9. The Morgan fingerprint density at radius 2 is 1.68 bits per heavy atom. The number of hydrogen-bond donors (Lipinski definition) is 3. The molecule has 0 radical (unpaired) electrons. The molecule has 3 atom stereocenters. The highest BCUT2D eigenvalue weighted by Gasteiger charge is 2.43. The Bertz CT molecular complexity index is 1040. The lowest BCUT2D eigenvalue weighted by molar-refractivity contribution is -0.143. The summed E-state index contributed by atoms with van der Waals surface area (Å²) in [5.41, 5.74) is 1.53. The molecule has 2 aliphatic rings. The number of nitrogens with zero attached hydrogens (tertiary/aromatic N) is 1. The molecule has 1 aliphatic heterocycles. The van der Waals surface area contributed by atoms with Crippen molar-refractivity contribution in [1.29, 1.82) is 0 Å². The lowest BCUT2D eigenvalue weighted by Gasteiger charge is -2.32. The van der Waals surface area contributed by atoms with E-state index in [2.05, 4.69) is 16.0 Å². The third kappa shape index (κ3) is 7.11. The van der Waals surface area contributed by atoms with Crippen LogP contribution in [0.2, 0.25) is 0 Å². The first-order valence-corrected chi connectivity index (χ1v) is 13.4. The zero-order chi connectivity index (χ0) is 28.0. The molecule has 10 heteroatoms. The molecular formula is C28H40N4O6. The smallest absolute Gasteiger partial charge is 0.408 e. The molecule has 38 heavy (non-hydrogen) atoms. The third-order valence-electron chi connectivity index (χ3n) is 6.99. The minimum Gasteiger partial charge on any atom is -0.444 e. The van der Waals surface area contributed by atoms with Gasteiger partial charge in [-0.3, -0.25) is 19.2 Å². The Kier molecular flexibility index (Phi) is 9.51. The summed E-state index contributed by atoms with van der Waals surface area (Å²) >= 11 is 0. The number of fused-ring (bicyclic) bond motifs is 1. The fourth-order valence-corrected chi connectivity index (χ4v) is 5.23. The number of carbonyl (C=O) groups excluding carboxylic acids is 5. The van der Waals surface area contributed by atoms with Crippen LogP contribution in [0.25, 0.3) is 0 Å². The van der Waals surface area contributed by atoms with E-state index < -0.39 is 47.4 Å². The monoisotopic (exact) mass is 528 g/mol. The number of ketones is 1. The normalized spacial score (nSPS) is 18.8. The summed E-state index contributed by atoms with van der Waals surface area (Å²) in [6.45, 7) is 7.46. The first-order valence-electron chi connectivity index (χ1n) is 13.4. The standard InChI is InChI=1S/C28H40N4O6/c1-6-10-20(23(33)25(35)29-5)30-24(34)21-13-9-14-32(21)26(36)22(31-27(37)38-28(2,3)4)19-15-17-11-7-8-12-18(17)16-19/h7-8,11-12,19-22H,6,9-10,13-16H2,1-5H3,(H,29,35)(H,30,34)(H,31,37). The molecule has 1 fully saturated rings. The van der Waals surface area contributed by atoms with Crippen molar-refractivity contribution in [3.8, 4) is 0 Å². The second kappa shape index (κ2) is 12.4. The molecule has 0 aromatic heterocycles. The molecule has 0 saturated carbocycles. The van der Waals surface area contributed by atoms with Crippen molar-refractivity contribution in [3.63, 3.8) is 0 Å². The third-order valence-corrected chi connectivity index (χ3v) is 6.99. The fourth-order valence-electron chi connectivity index (χ4n) is 5.23. The molecule has 0 bridgehead atoms. The number of likely N-dealkylation sites (tertiary alicyclic amines) is 1. The number of amides is 4. The molecule has 1 saturated heterocycles. The predicted molar refractivity (Wildman–Crippen MR) is 141 cm³/mol. The van der Waals surface area contributed by atoms with E-state index in [0.717, 1.165) is 11.1 Å². The maximum Gasteiger partial charge on any atom is 0.408 e. The van der Waals surface area contributed by atoms with Gasteiger partial charge in [0.2, 0.25) is 17.6 Å². The van der Waals surface area contributed by atoms with E-state index in [-0.39, 0.29) is 11.8 Å². The van der Waals surface area contributed by atoms with Gasteiger partial charge in [0.15, 0.2) is 0 Å². The number of benzene rings is 1. The number of rotatable bonds is 9. The minimum atomic E-state index is -0.968. The molecule has 208 valence electrons. The van der Waals surface area contributed by atoms with E-state index in [1.807, 2.05) is 31.2 Å². The average Bonchev–Trinajstić information content (AvgIpc) is 3.52. The maximum atomic E-state index is 13.9. The van der Waals surface area contributed by atoms with E-state index in [1.165, 1.54) is 11.9 Å². The van der Waals surface area contributed by atoms with Crippen LogP contribution >= 0.6 is 0 Å². The molecule has 10 nitrogen and oxygen atoms in total. The van der Waals surface area contributed by atoms with Gasteiger partial charge in [0.05, 0.1) is 6.04 Å². The molecule has 3 rings (SSSR count). The highest BCUT2D eigenvalue weighted by atomic mass is 16.6. The summed E-state index contributed by atoms with van der Waals surface area (Å²) in [6, 6.07) is 5.29. The molecule has 0 spiro atoms. The van der Waals surface area contributed by atoms with E-state index >= 15 is 0 Å². The number of ether oxygens (including phenoxy) is 1. The largest absolute Gasteiger partial charge is 0.444 e. The van der Waals surface area contributed by atoms with E-state index in [1.54, 1.807) is 20.8 Å². The van der Waals surface area contributed by atoms with Gasteiger partial charge in [-0.15, -0.1) is 0 Å². The van der Waals surface area contributed by atoms with Gasteiger partial charge >= 0.3 is 6.09 Å². The van der Waals surface area contributed by atoms with E-state index in [0.29, 0.717) is 45.1 Å². The van der Waals surface area contributed by atoms with Crippen molar-refractivity contribution in [2.75, 3.05) is 13.6 Å². The molecule has 1 aromatic carbocycles. The van der Waals surface area contributed by atoms with Gasteiger partial charge in [-0.2, -0.15) is 0 Å². The van der Waals surface area contributed by atoms with Crippen molar-refractivity contribution in [1.82, 2.24) is 20.9 Å². The zero-order valence-corrected chi connectivity index (χ0v) is 23.0. The minimum absolute atomic E-state index is 0.195. The Labute approximate surface area is 224 Å². The van der Waals surface area contributed by atoms with Crippen molar-refractivity contribution >= 4 is 29.6 Å². The van der Waals surface area contributed by atoms with Crippen molar-refractivity contribution in [3.05, 3.63) is 35.4 Å². The van der Waals surface area contributed by atoms with Crippen LogP contribution in [0, 0.1) is 5.92 Å². The van der Waals surface area contributed by atoms with Crippen LogP contribution in [0.5, 0.6) is 0 Å². The molecular weight excluding hydrogens is 488 g/mol. The molecule has 3 N–H and O–H groups in total. The van der Waals surface area contributed by atoms with Crippen molar-refractivity contribution in [2.24, 2.45) is 5.92 Å².